The molecule has 0 radical (unpaired) electrons. The van der Waals surface area contributed by atoms with Crippen LogP contribution >= 0.6 is 0 Å². The van der Waals surface area contributed by atoms with Crippen LogP contribution in [0.15, 0.2) is 83.9 Å². The number of dihydropyridines is 1. The molecule has 0 amide bonds. The minimum atomic E-state index is 0.0634. The second kappa shape index (κ2) is 7.71. The summed E-state index contributed by atoms with van der Waals surface area (Å²) in [5.74, 6) is 1.15. The third-order valence-corrected chi connectivity index (χ3v) is 4.88. The van der Waals surface area contributed by atoms with Crippen molar-refractivity contribution < 1.29 is 9.47 Å². The van der Waals surface area contributed by atoms with Crippen molar-refractivity contribution in [1.29, 1.82) is 0 Å². The van der Waals surface area contributed by atoms with E-state index in [0.29, 0.717) is 5.92 Å². The summed E-state index contributed by atoms with van der Waals surface area (Å²) < 4.78 is 11.8. The quantitative estimate of drug-likeness (QED) is 0.561. The van der Waals surface area contributed by atoms with E-state index < -0.39 is 0 Å². The highest BCUT2D eigenvalue weighted by atomic mass is 16.7. The molecule has 0 aromatic heterocycles. The normalized spacial score (nSPS) is 24.0. The van der Waals surface area contributed by atoms with E-state index in [-0.39, 0.29) is 18.9 Å². The lowest BCUT2D eigenvalue weighted by Gasteiger charge is -2.32. The molecule has 1 heterocycles. The van der Waals surface area contributed by atoms with Crippen LogP contribution in [-0.4, -0.2) is 24.7 Å². The molecule has 3 nitrogen and oxygen atoms in total. The van der Waals surface area contributed by atoms with Crippen molar-refractivity contribution in [3.63, 3.8) is 0 Å². The van der Waals surface area contributed by atoms with Gasteiger partial charge in [-0.05, 0) is 42.7 Å². The van der Waals surface area contributed by atoms with Gasteiger partial charge in [-0.2, -0.15) is 0 Å². The van der Waals surface area contributed by atoms with Crippen LogP contribution in [0.2, 0.25) is 0 Å². The van der Waals surface area contributed by atoms with Gasteiger partial charge in [0.15, 0.2) is 6.79 Å². The maximum atomic E-state index is 6.01. The standard InChI is InChI=1S/C23H23NO2/c1-17-10-11-20-8-5-9-22(23(20)24-17)26-16-25-21-14-12-19(13-15-21)18-6-3-2-4-7-18/h2-8,10-15,20,22-23H,9,16H2,1H3. The molecule has 0 fully saturated rings. The van der Waals surface area contributed by atoms with E-state index in [4.69, 9.17) is 14.5 Å². The Morgan fingerprint density at radius 3 is 2.54 bits per heavy atom. The van der Waals surface area contributed by atoms with Crippen molar-refractivity contribution in [1.82, 2.24) is 0 Å². The van der Waals surface area contributed by atoms with Crippen LogP contribution in [0, 0.1) is 5.92 Å². The molecule has 0 N–H and O–H groups in total. The van der Waals surface area contributed by atoms with E-state index in [0.717, 1.165) is 17.9 Å². The fraction of sp³-hybridized carbons (Fsp3) is 0.261. The zero-order valence-corrected chi connectivity index (χ0v) is 14.9. The van der Waals surface area contributed by atoms with Gasteiger partial charge in [0, 0.05) is 11.6 Å². The summed E-state index contributed by atoms with van der Waals surface area (Å²) in [6.07, 6.45) is 9.64. The van der Waals surface area contributed by atoms with Crippen LogP contribution in [-0.2, 0) is 4.74 Å². The van der Waals surface area contributed by atoms with E-state index in [2.05, 4.69) is 48.6 Å². The number of benzene rings is 2. The van der Waals surface area contributed by atoms with Crippen LogP contribution in [0.1, 0.15) is 13.3 Å². The second-order valence-corrected chi connectivity index (χ2v) is 6.72. The Bertz CT molecular complexity index is 821. The summed E-state index contributed by atoms with van der Waals surface area (Å²) in [5, 5.41) is 0. The topological polar surface area (TPSA) is 30.8 Å². The number of nitrogens with zero attached hydrogens (tertiary/aromatic N) is 1. The first kappa shape index (κ1) is 16.8. The molecular weight excluding hydrogens is 322 g/mol. The molecule has 0 spiro atoms. The fourth-order valence-electron chi connectivity index (χ4n) is 3.48. The zero-order valence-electron chi connectivity index (χ0n) is 14.9. The number of hydrogen-bond acceptors (Lipinski definition) is 3. The number of fused-ring (bicyclic) bond motifs is 1. The Hall–Kier alpha value is -2.65. The number of rotatable bonds is 5. The fourth-order valence-corrected chi connectivity index (χ4v) is 3.48. The summed E-state index contributed by atoms with van der Waals surface area (Å²) in [6.45, 7) is 2.28. The van der Waals surface area contributed by atoms with E-state index in [1.165, 1.54) is 11.1 Å². The van der Waals surface area contributed by atoms with Gasteiger partial charge >= 0.3 is 0 Å². The summed E-state index contributed by atoms with van der Waals surface area (Å²) in [4.78, 5) is 4.75. The molecule has 2 aliphatic rings. The molecule has 3 heteroatoms. The molecule has 1 aliphatic carbocycles. The van der Waals surface area contributed by atoms with Crippen molar-refractivity contribution >= 4 is 5.71 Å². The molecule has 3 unspecified atom stereocenters. The highest BCUT2D eigenvalue weighted by Crippen LogP contribution is 2.28. The SMILES string of the molecule is CC1=NC2C(C=CCC2OCOc2ccc(-c3ccccc3)cc2)C=C1. The molecule has 26 heavy (non-hydrogen) atoms. The maximum absolute atomic E-state index is 6.01. The molecule has 2 aromatic carbocycles. The van der Waals surface area contributed by atoms with Gasteiger partial charge in [-0.1, -0.05) is 60.7 Å². The molecule has 132 valence electrons. The Kier molecular flexibility index (Phi) is 4.98. The Labute approximate surface area is 154 Å². The van der Waals surface area contributed by atoms with Crippen molar-refractivity contribution in [2.45, 2.75) is 25.5 Å². The van der Waals surface area contributed by atoms with Gasteiger partial charge < -0.3 is 9.47 Å². The van der Waals surface area contributed by atoms with Gasteiger partial charge in [-0.15, -0.1) is 0 Å². The summed E-state index contributed by atoms with van der Waals surface area (Å²) in [7, 11) is 0. The average Bonchev–Trinajstić information content (AvgIpc) is 2.69. The van der Waals surface area contributed by atoms with Crippen LogP contribution in [0.4, 0.5) is 0 Å². The van der Waals surface area contributed by atoms with Gasteiger partial charge in [0.1, 0.15) is 5.75 Å². The Morgan fingerprint density at radius 2 is 1.73 bits per heavy atom. The van der Waals surface area contributed by atoms with Crippen molar-refractivity contribution in [2.75, 3.05) is 6.79 Å². The number of aliphatic imine (C=N–C) groups is 1. The lowest BCUT2D eigenvalue weighted by atomic mass is 9.86. The second-order valence-electron chi connectivity index (χ2n) is 6.72. The largest absolute Gasteiger partial charge is 0.468 e. The van der Waals surface area contributed by atoms with Gasteiger partial charge in [-0.25, -0.2) is 0 Å². The van der Waals surface area contributed by atoms with Crippen LogP contribution < -0.4 is 4.74 Å². The van der Waals surface area contributed by atoms with Crippen molar-refractivity contribution in [3.8, 4) is 16.9 Å². The van der Waals surface area contributed by atoms with Crippen LogP contribution in [0.3, 0.4) is 0 Å². The van der Waals surface area contributed by atoms with Crippen molar-refractivity contribution in [3.05, 3.63) is 78.9 Å². The summed E-state index contributed by atoms with van der Waals surface area (Å²) in [6, 6.07) is 18.6. The molecule has 0 bridgehead atoms. The first-order valence-electron chi connectivity index (χ1n) is 9.09. The zero-order chi connectivity index (χ0) is 17.8. The van der Waals surface area contributed by atoms with Gasteiger partial charge in [0.2, 0.25) is 0 Å². The van der Waals surface area contributed by atoms with Crippen molar-refractivity contribution in [2.24, 2.45) is 10.9 Å². The lowest BCUT2D eigenvalue weighted by molar-refractivity contribution is -0.0495. The highest BCUT2D eigenvalue weighted by Gasteiger charge is 2.31. The summed E-state index contributed by atoms with van der Waals surface area (Å²) >= 11 is 0. The summed E-state index contributed by atoms with van der Waals surface area (Å²) in [5.41, 5.74) is 3.44. The smallest absolute Gasteiger partial charge is 0.189 e. The van der Waals surface area contributed by atoms with E-state index in [9.17, 15) is 0 Å². The van der Waals surface area contributed by atoms with Gasteiger partial charge in [-0.3, -0.25) is 4.99 Å². The molecule has 0 saturated carbocycles. The van der Waals surface area contributed by atoms with Gasteiger partial charge in [0.05, 0.1) is 12.1 Å². The van der Waals surface area contributed by atoms with E-state index in [1.807, 2.05) is 37.3 Å². The third kappa shape index (κ3) is 3.78. The van der Waals surface area contributed by atoms with Crippen LogP contribution in [0.25, 0.3) is 11.1 Å². The Balaban J connectivity index is 1.33. The monoisotopic (exact) mass is 345 g/mol. The van der Waals surface area contributed by atoms with E-state index in [1.54, 1.807) is 0 Å². The Morgan fingerprint density at radius 1 is 0.962 bits per heavy atom. The lowest BCUT2D eigenvalue weighted by Crippen LogP contribution is -2.37. The predicted octanol–water partition coefficient (Wildman–Crippen LogP) is 5.05. The average molecular weight is 345 g/mol. The molecule has 1 aliphatic heterocycles. The molecule has 2 aromatic rings. The molecule has 3 atom stereocenters. The minimum Gasteiger partial charge on any atom is -0.468 e. The number of ether oxygens (including phenoxy) is 2. The highest BCUT2D eigenvalue weighted by molar-refractivity contribution is 5.93. The predicted molar refractivity (Wildman–Crippen MR) is 106 cm³/mol. The molecular formula is C23H23NO2. The number of allylic oxidation sites excluding steroid dienone is 1. The maximum Gasteiger partial charge on any atom is 0.189 e. The van der Waals surface area contributed by atoms with Gasteiger partial charge in [0.25, 0.3) is 0 Å². The first-order valence-corrected chi connectivity index (χ1v) is 9.09. The van der Waals surface area contributed by atoms with E-state index >= 15 is 0 Å². The first-order chi connectivity index (χ1) is 12.8. The van der Waals surface area contributed by atoms with Crippen LogP contribution in [0.5, 0.6) is 5.75 Å². The number of hydrogen-bond donors (Lipinski definition) is 0. The third-order valence-electron chi connectivity index (χ3n) is 4.88. The minimum absolute atomic E-state index is 0.0634. The molecule has 4 rings (SSSR count). The molecule has 0 saturated heterocycles.